The first kappa shape index (κ1) is 17.6. The van der Waals surface area contributed by atoms with Crippen molar-refractivity contribution in [2.45, 2.75) is 16.6 Å². The largest absolute Gasteiger partial charge is 0.480 e. The number of rotatable bonds is 6. The molecule has 0 spiro atoms. The van der Waals surface area contributed by atoms with Gasteiger partial charge < -0.3 is 15.2 Å². The number of carboxylic acids is 1. The van der Waals surface area contributed by atoms with E-state index >= 15 is 0 Å². The molecule has 0 aliphatic rings. The summed E-state index contributed by atoms with van der Waals surface area (Å²) >= 11 is 5.91. The summed E-state index contributed by atoms with van der Waals surface area (Å²) in [7, 11) is 0. The van der Waals surface area contributed by atoms with E-state index in [1.807, 2.05) is 0 Å². The number of carboxylic acid groups (broad SMARTS) is 1. The monoisotopic (exact) mass is 421 g/mol. The minimum atomic E-state index is -1.15. The van der Waals surface area contributed by atoms with Gasteiger partial charge in [-0.3, -0.25) is 9.59 Å². The summed E-state index contributed by atoms with van der Waals surface area (Å²) in [5.41, 5.74) is 0.816. The van der Waals surface area contributed by atoms with Crippen LogP contribution in [0.5, 0.6) is 0 Å². The maximum atomic E-state index is 11.8. The lowest BCUT2D eigenvalue weighted by molar-refractivity contribution is -0.137. The standard InChI is InChI=1S/C13H13Br2NO5/c1-2-21-13(20)7-3-5-8(6-4-7)16-11(17)9(14)10(15)12(18)19/h3-6,9-10H,2H2,1H3,(H,16,17)(H,18,19)/t9-,10-/m0/s1. The average Bonchev–Trinajstić information content (AvgIpc) is 2.46. The molecule has 1 rings (SSSR count). The van der Waals surface area contributed by atoms with E-state index in [-0.39, 0.29) is 6.61 Å². The molecule has 2 N–H and O–H groups in total. The Morgan fingerprint density at radius 2 is 1.76 bits per heavy atom. The molecule has 0 saturated heterocycles. The molecule has 21 heavy (non-hydrogen) atoms. The third-order valence-electron chi connectivity index (χ3n) is 2.41. The highest BCUT2D eigenvalue weighted by Crippen LogP contribution is 2.18. The fourth-order valence-electron chi connectivity index (χ4n) is 1.37. The molecule has 0 radical (unpaired) electrons. The molecule has 1 aromatic carbocycles. The Hall–Kier alpha value is -1.41. The normalized spacial score (nSPS) is 13.1. The molecule has 0 heterocycles. The predicted molar refractivity (Wildman–Crippen MR) is 84.1 cm³/mol. The van der Waals surface area contributed by atoms with Crippen LogP contribution in [0.3, 0.4) is 0 Å². The van der Waals surface area contributed by atoms with E-state index in [1.165, 1.54) is 24.3 Å². The zero-order valence-electron chi connectivity index (χ0n) is 11.0. The first-order chi connectivity index (χ1) is 9.86. The molecular weight excluding hydrogens is 410 g/mol. The predicted octanol–water partition coefficient (Wildman–Crippen LogP) is 2.41. The van der Waals surface area contributed by atoms with Crippen LogP contribution in [0.2, 0.25) is 0 Å². The minimum Gasteiger partial charge on any atom is -0.480 e. The van der Waals surface area contributed by atoms with Crippen LogP contribution in [0.15, 0.2) is 24.3 Å². The van der Waals surface area contributed by atoms with Gasteiger partial charge in [-0.2, -0.15) is 0 Å². The summed E-state index contributed by atoms with van der Waals surface area (Å²) in [5, 5.41) is 11.4. The van der Waals surface area contributed by atoms with Crippen LogP contribution in [-0.4, -0.2) is 39.2 Å². The second kappa shape index (κ2) is 8.14. The van der Waals surface area contributed by atoms with E-state index in [1.54, 1.807) is 6.92 Å². The summed E-state index contributed by atoms with van der Waals surface area (Å²) < 4.78 is 4.84. The smallest absolute Gasteiger partial charge is 0.338 e. The molecule has 114 valence electrons. The molecule has 0 saturated carbocycles. The number of hydrogen-bond acceptors (Lipinski definition) is 4. The number of alkyl halides is 2. The van der Waals surface area contributed by atoms with Gasteiger partial charge >= 0.3 is 11.9 Å². The van der Waals surface area contributed by atoms with Crippen LogP contribution in [0.4, 0.5) is 5.69 Å². The van der Waals surface area contributed by atoms with E-state index in [0.29, 0.717) is 11.3 Å². The lowest BCUT2D eigenvalue weighted by Crippen LogP contribution is -2.34. The number of benzene rings is 1. The highest BCUT2D eigenvalue weighted by Gasteiger charge is 2.29. The Bertz CT molecular complexity index is 532. The van der Waals surface area contributed by atoms with Crippen LogP contribution < -0.4 is 5.32 Å². The number of aliphatic carboxylic acids is 1. The third-order valence-corrected chi connectivity index (χ3v) is 4.98. The zero-order chi connectivity index (χ0) is 16.0. The molecular formula is C13H13Br2NO5. The van der Waals surface area contributed by atoms with E-state index < -0.39 is 27.5 Å². The number of anilines is 1. The van der Waals surface area contributed by atoms with Crippen molar-refractivity contribution in [2.24, 2.45) is 0 Å². The van der Waals surface area contributed by atoms with Gasteiger partial charge in [0.15, 0.2) is 0 Å². The van der Waals surface area contributed by atoms with Crippen molar-refractivity contribution in [2.75, 3.05) is 11.9 Å². The summed E-state index contributed by atoms with van der Waals surface area (Å²) in [5.74, 6) is -2.10. The van der Waals surface area contributed by atoms with Gasteiger partial charge in [0, 0.05) is 5.69 Å². The van der Waals surface area contributed by atoms with Crippen LogP contribution in [-0.2, 0) is 14.3 Å². The van der Waals surface area contributed by atoms with Crippen LogP contribution in [0.1, 0.15) is 17.3 Å². The molecule has 8 heteroatoms. The molecule has 1 aromatic rings. The van der Waals surface area contributed by atoms with Crippen molar-refractivity contribution in [3.05, 3.63) is 29.8 Å². The molecule has 0 bridgehead atoms. The zero-order valence-corrected chi connectivity index (χ0v) is 14.2. The van der Waals surface area contributed by atoms with Crippen molar-refractivity contribution >= 4 is 55.4 Å². The number of nitrogens with one attached hydrogen (secondary N) is 1. The fraction of sp³-hybridized carbons (Fsp3) is 0.308. The summed E-state index contributed by atoms with van der Waals surface area (Å²) in [6, 6.07) is 6.10. The van der Waals surface area contributed by atoms with Crippen molar-refractivity contribution in [1.29, 1.82) is 0 Å². The number of carbonyl (C=O) groups is 3. The SMILES string of the molecule is CCOC(=O)c1ccc(NC(=O)[C@@H](Br)[C@H](Br)C(=O)O)cc1. The quantitative estimate of drug-likeness (QED) is 0.542. The number of esters is 1. The summed E-state index contributed by atoms with van der Waals surface area (Å²) in [4.78, 5) is 32.1. The van der Waals surface area contributed by atoms with Crippen LogP contribution in [0.25, 0.3) is 0 Å². The van der Waals surface area contributed by atoms with Gasteiger partial charge in [0.1, 0.15) is 9.65 Å². The van der Waals surface area contributed by atoms with Gasteiger partial charge in [-0.15, -0.1) is 0 Å². The Kier molecular flexibility index (Phi) is 6.83. The van der Waals surface area contributed by atoms with Crippen molar-refractivity contribution in [1.82, 2.24) is 0 Å². The molecule has 6 nitrogen and oxygen atoms in total. The van der Waals surface area contributed by atoms with Crippen molar-refractivity contribution < 1.29 is 24.2 Å². The molecule has 0 unspecified atom stereocenters. The van der Waals surface area contributed by atoms with Gasteiger partial charge in [-0.25, -0.2) is 4.79 Å². The first-order valence-corrected chi connectivity index (χ1v) is 7.79. The number of halogens is 2. The topological polar surface area (TPSA) is 92.7 Å². The highest BCUT2D eigenvalue weighted by atomic mass is 79.9. The highest BCUT2D eigenvalue weighted by molar-refractivity contribution is 9.12. The second-order valence-electron chi connectivity index (χ2n) is 3.93. The number of amides is 1. The Labute approximate surface area is 138 Å². The maximum absolute atomic E-state index is 11.8. The molecule has 0 aliphatic carbocycles. The van der Waals surface area contributed by atoms with Gasteiger partial charge in [0.05, 0.1) is 12.2 Å². The molecule has 1 amide bonds. The van der Waals surface area contributed by atoms with E-state index in [2.05, 4.69) is 37.2 Å². The average molecular weight is 423 g/mol. The third kappa shape index (κ3) is 5.13. The number of hydrogen-bond donors (Lipinski definition) is 2. The lowest BCUT2D eigenvalue weighted by Gasteiger charge is -2.13. The number of ether oxygens (including phenoxy) is 1. The van der Waals surface area contributed by atoms with Crippen LogP contribution in [0, 0.1) is 0 Å². The molecule has 0 aromatic heterocycles. The van der Waals surface area contributed by atoms with Crippen molar-refractivity contribution in [3.8, 4) is 0 Å². The molecule has 0 fully saturated rings. The van der Waals surface area contributed by atoms with Gasteiger partial charge in [0.2, 0.25) is 5.91 Å². The Morgan fingerprint density at radius 3 is 2.24 bits per heavy atom. The lowest BCUT2D eigenvalue weighted by atomic mass is 10.2. The molecule has 2 atom stereocenters. The second-order valence-corrected chi connectivity index (χ2v) is 5.90. The van der Waals surface area contributed by atoms with E-state index in [4.69, 9.17) is 9.84 Å². The summed E-state index contributed by atoms with van der Waals surface area (Å²) in [6.07, 6.45) is 0. The fourth-order valence-corrected chi connectivity index (χ4v) is 1.95. The van der Waals surface area contributed by atoms with Gasteiger partial charge in [-0.05, 0) is 31.2 Å². The number of carbonyl (C=O) groups excluding carboxylic acids is 2. The van der Waals surface area contributed by atoms with Gasteiger partial charge in [-0.1, -0.05) is 31.9 Å². The minimum absolute atomic E-state index is 0.282. The summed E-state index contributed by atoms with van der Waals surface area (Å²) in [6.45, 7) is 1.99. The van der Waals surface area contributed by atoms with Crippen molar-refractivity contribution in [3.63, 3.8) is 0 Å². The Morgan fingerprint density at radius 1 is 1.19 bits per heavy atom. The van der Waals surface area contributed by atoms with Gasteiger partial charge in [0.25, 0.3) is 0 Å². The first-order valence-electron chi connectivity index (χ1n) is 5.95. The van der Waals surface area contributed by atoms with E-state index in [0.717, 1.165) is 0 Å². The maximum Gasteiger partial charge on any atom is 0.338 e. The van der Waals surface area contributed by atoms with Crippen LogP contribution >= 0.6 is 31.9 Å². The Balaban J connectivity index is 2.69. The van der Waals surface area contributed by atoms with E-state index in [9.17, 15) is 14.4 Å². The molecule has 0 aliphatic heterocycles.